The zero-order chi connectivity index (χ0) is 12.4. The minimum Gasteiger partial charge on any atom is -0.389 e. The van der Waals surface area contributed by atoms with Crippen molar-refractivity contribution in [2.75, 3.05) is 6.61 Å². The number of rotatable bonds is 3. The van der Waals surface area contributed by atoms with Gasteiger partial charge in [0, 0.05) is 21.2 Å². The van der Waals surface area contributed by atoms with E-state index in [1.807, 2.05) is 23.9 Å². The van der Waals surface area contributed by atoms with Gasteiger partial charge in [-0.3, -0.25) is 0 Å². The Morgan fingerprint density at radius 2 is 2.29 bits per heavy atom. The molecule has 1 aromatic carbocycles. The van der Waals surface area contributed by atoms with Crippen LogP contribution in [0, 0.1) is 0 Å². The van der Waals surface area contributed by atoms with E-state index in [4.69, 9.17) is 4.74 Å². The van der Waals surface area contributed by atoms with Crippen LogP contribution in [0.2, 0.25) is 0 Å². The van der Waals surface area contributed by atoms with E-state index in [1.54, 1.807) is 6.92 Å². The van der Waals surface area contributed by atoms with Gasteiger partial charge in [0.15, 0.2) is 0 Å². The Balaban J connectivity index is 2.11. The lowest BCUT2D eigenvalue weighted by Gasteiger charge is -2.15. The highest BCUT2D eigenvalue weighted by atomic mass is 79.9. The maximum Gasteiger partial charge on any atom is 0.0762 e. The molecule has 1 heterocycles. The molecule has 2 rings (SSSR count). The van der Waals surface area contributed by atoms with E-state index < -0.39 is 6.10 Å². The van der Waals surface area contributed by atoms with Crippen LogP contribution in [0.1, 0.15) is 31.9 Å². The highest BCUT2D eigenvalue weighted by Gasteiger charge is 2.25. The maximum atomic E-state index is 9.52. The maximum absolute atomic E-state index is 9.52. The van der Waals surface area contributed by atoms with E-state index in [-0.39, 0.29) is 0 Å². The third kappa shape index (κ3) is 3.25. The van der Waals surface area contributed by atoms with Gasteiger partial charge >= 0.3 is 0 Å². The Hall–Kier alpha value is -0.0300. The van der Waals surface area contributed by atoms with Crippen LogP contribution in [0.5, 0.6) is 0 Å². The quantitative estimate of drug-likeness (QED) is 0.920. The summed E-state index contributed by atoms with van der Waals surface area (Å²) in [4.78, 5) is 1.22. The van der Waals surface area contributed by atoms with E-state index in [0.717, 1.165) is 23.1 Å². The van der Waals surface area contributed by atoms with E-state index in [1.165, 1.54) is 4.90 Å². The molecule has 0 spiro atoms. The van der Waals surface area contributed by atoms with Crippen LogP contribution in [-0.4, -0.2) is 23.1 Å². The number of thioether (sulfide) groups is 1. The highest BCUT2D eigenvalue weighted by molar-refractivity contribution is 9.10. The van der Waals surface area contributed by atoms with Crippen molar-refractivity contribution in [3.63, 3.8) is 0 Å². The van der Waals surface area contributed by atoms with Gasteiger partial charge < -0.3 is 9.84 Å². The summed E-state index contributed by atoms with van der Waals surface area (Å²) in [5, 5.41) is 10.0. The average molecular weight is 317 g/mol. The fourth-order valence-corrected chi connectivity index (χ4v) is 3.71. The van der Waals surface area contributed by atoms with Crippen LogP contribution in [0.4, 0.5) is 0 Å². The van der Waals surface area contributed by atoms with Gasteiger partial charge in [-0.05, 0) is 53.9 Å². The fraction of sp³-hybridized carbons (Fsp3) is 0.538. The summed E-state index contributed by atoms with van der Waals surface area (Å²) in [6, 6.07) is 6.05. The van der Waals surface area contributed by atoms with Crippen molar-refractivity contribution < 1.29 is 9.84 Å². The van der Waals surface area contributed by atoms with Crippen molar-refractivity contribution in [2.45, 2.75) is 42.6 Å². The molecule has 1 aliphatic rings. The van der Waals surface area contributed by atoms with Gasteiger partial charge in [0.05, 0.1) is 12.2 Å². The lowest BCUT2D eigenvalue weighted by molar-refractivity contribution is 0.127. The molecule has 1 N–H and O–H groups in total. The van der Waals surface area contributed by atoms with Crippen molar-refractivity contribution in [1.82, 2.24) is 0 Å². The van der Waals surface area contributed by atoms with Gasteiger partial charge in [0.2, 0.25) is 0 Å². The summed E-state index contributed by atoms with van der Waals surface area (Å²) < 4.78 is 6.62. The van der Waals surface area contributed by atoms with Crippen LogP contribution in [0.15, 0.2) is 27.6 Å². The molecule has 94 valence electrons. The van der Waals surface area contributed by atoms with Gasteiger partial charge in [-0.15, -0.1) is 11.8 Å². The Bertz CT molecular complexity index is 395. The van der Waals surface area contributed by atoms with Crippen LogP contribution in [0.3, 0.4) is 0 Å². The first-order chi connectivity index (χ1) is 8.08. The predicted octanol–water partition coefficient (Wildman–Crippen LogP) is 3.77. The molecule has 4 heteroatoms. The molecule has 0 saturated carbocycles. The molecule has 2 unspecified atom stereocenters. The minimum absolute atomic E-state index is 0.323. The summed E-state index contributed by atoms with van der Waals surface area (Å²) in [7, 11) is 0. The van der Waals surface area contributed by atoms with Crippen molar-refractivity contribution in [2.24, 2.45) is 0 Å². The summed E-state index contributed by atoms with van der Waals surface area (Å²) in [5.74, 6) is 0. The van der Waals surface area contributed by atoms with Crippen molar-refractivity contribution in [3.8, 4) is 0 Å². The van der Waals surface area contributed by atoms with E-state index in [0.29, 0.717) is 11.4 Å². The van der Waals surface area contributed by atoms with Gasteiger partial charge in [-0.1, -0.05) is 6.07 Å². The largest absolute Gasteiger partial charge is 0.389 e. The van der Waals surface area contributed by atoms with Crippen LogP contribution < -0.4 is 0 Å². The summed E-state index contributed by atoms with van der Waals surface area (Å²) >= 11 is 5.42. The predicted molar refractivity (Wildman–Crippen MR) is 74.5 cm³/mol. The highest BCUT2D eigenvalue weighted by Crippen LogP contribution is 2.37. The third-order valence-electron chi connectivity index (χ3n) is 3.02. The Labute approximate surface area is 115 Å². The number of hydrogen-bond acceptors (Lipinski definition) is 3. The first-order valence-electron chi connectivity index (χ1n) is 5.83. The molecule has 1 fully saturated rings. The van der Waals surface area contributed by atoms with E-state index >= 15 is 0 Å². The van der Waals surface area contributed by atoms with Crippen molar-refractivity contribution in [1.29, 1.82) is 0 Å². The second-order valence-electron chi connectivity index (χ2n) is 4.39. The normalized spacial score (nSPS) is 26.1. The molecule has 0 bridgehead atoms. The molecular weight excluding hydrogens is 300 g/mol. The second kappa shape index (κ2) is 5.74. The molecule has 17 heavy (non-hydrogen) atoms. The molecule has 1 aromatic rings. The van der Waals surface area contributed by atoms with Crippen molar-refractivity contribution in [3.05, 3.63) is 28.2 Å². The van der Waals surface area contributed by atoms with Crippen LogP contribution >= 0.6 is 27.7 Å². The van der Waals surface area contributed by atoms with Crippen LogP contribution in [0.25, 0.3) is 0 Å². The zero-order valence-electron chi connectivity index (χ0n) is 10.0. The molecule has 0 amide bonds. The topological polar surface area (TPSA) is 29.5 Å². The second-order valence-corrected chi connectivity index (χ2v) is 6.52. The summed E-state index contributed by atoms with van der Waals surface area (Å²) in [6.45, 7) is 4.77. The van der Waals surface area contributed by atoms with Gasteiger partial charge in [0.1, 0.15) is 0 Å². The number of aliphatic hydroxyl groups is 1. The fourth-order valence-electron chi connectivity index (χ4n) is 1.90. The van der Waals surface area contributed by atoms with Gasteiger partial charge in [-0.25, -0.2) is 0 Å². The number of hydrogen-bond donors (Lipinski definition) is 1. The molecule has 0 aromatic heterocycles. The number of aliphatic hydroxyl groups excluding tert-OH is 1. The number of benzene rings is 1. The number of ether oxygens (including phenoxy) is 1. The SMILES string of the molecule is CC1OCCC1Sc1ccc([C@@H](C)O)cc1Br. The van der Waals surface area contributed by atoms with Gasteiger partial charge in [0.25, 0.3) is 0 Å². The van der Waals surface area contributed by atoms with Crippen LogP contribution in [-0.2, 0) is 4.74 Å². The molecular formula is C13H17BrO2S. The van der Waals surface area contributed by atoms with E-state index in [2.05, 4.69) is 28.9 Å². The lowest BCUT2D eigenvalue weighted by atomic mass is 10.1. The molecule has 1 aliphatic heterocycles. The monoisotopic (exact) mass is 316 g/mol. The Morgan fingerprint density at radius 3 is 2.82 bits per heavy atom. The molecule has 1 saturated heterocycles. The van der Waals surface area contributed by atoms with E-state index in [9.17, 15) is 5.11 Å². The van der Waals surface area contributed by atoms with Crippen molar-refractivity contribution >= 4 is 27.7 Å². The Morgan fingerprint density at radius 1 is 1.53 bits per heavy atom. The Kier molecular flexibility index (Phi) is 4.53. The average Bonchev–Trinajstić information content (AvgIpc) is 2.67. The zero-order valence-corrected chi connectivity index (χ0v) is 12.4. The first kappa shape index (κ1) is 13.4. The standard InChI is InChI=1S/C13H17BrO2S/c1-8(15)10-3-4-13(11(14)7-10)17-12-5-6-16-9(12)2/h3-4,7-9,12,15H,5-6H2,1-2H3/t8-,9?,12?/m1/s1. The summed E-state index contributed by atoms with van der Waals surface area (Å²) in [6.07, 6.45) is 1.01. The molecule has 0 radical (unpaired) electrons. The third-order valence-corrected chi connectivity index (χ3v) is 5.47. The number of halogens is 1. The molecule has 0 aliphatic carbocycles. The van der Waals surface area contributed by atoms with Gasteiger partial charge in [-0.2, -0.15) is 0 Å². The molecule has 2 nitrogen and oxygen atoms in total. The summed E-state index contributed by atoms with van der Waals surface area (Å²) in [5.41, 5.74) is 0.942. The minimum atomic E-state index is -0.418. The smallest absolute Gasteiger partial charge is 0.0762 e. The lowest BCUT2D eigenvalue weighted by Crippen LogP contribution is -2.13. The molecule has 3 atom stereocenters. The first-order valence-corrected chi connectivity index (χ1v) is 7.51.